The molecule has 2 atom stereocenters. The number of morpholine rings is 1. The quantitative estimate of drug-likeness (QED) is 0.165. The van der Waals surface area contributed by atoms with Crippen LogP contribution in [0.4, 0.5) is 30.8 Å². The number of benzene rings is 3. The number of piperidine rings is 2. The molecule has 4 saturated heterocycles. The highest BCUT2D eigenvalue weighted by Crippen LogP contribution is 2.39. The van der Waals surface area contributed by atoms with Crippen LogP contribution in [0.5, 0.6) is 5.75 Å². The molecule has 318 valence electrons. The van der Waals surface area contributed by atoms with Gasteiger partial charge in [-0.05, 0) is 80.3 Å². The number of aromatic hydroxyl groups is 1. The smallest absolute Gasteiger partial charge is 0.328 e. The molecule has 0 aliphatic carbocycles. The molecule has 0 unspecified atom stereocenters. The van der Waals surface area contributed by atoms with E-state index in [0.29, 0.717) is 61.8 Å². The molecule has 9 rings (SSSR count). The zero-order valence-corrected chi connectivity index (χ0v) is 34.0. The fourth-order valence-corrected chi connectivity index (χ4v) is 9.50. The van der Waals surface area contributed by atoms with Crippen LogP contribution in [-0.4, -0.2) is 112 Å². The lowest BCUT2D eigenvalue weighted by molar-refractivity contribution is -0.120. The lowest BCUT2D eigenvalue weighted by Gasteiger charge is -2.42. The second-order valence-corrected chi connectivity index (χ2v) is 16.6. The minimum Gasteiger partial charge on any atom is -0.507 e. The molecule has 6 heterocycles. The number of alkyl halides is 2. The van der Waals surface area contributed by atoms with E-state index in [1.54, 1.807) is 41.3 Å². The average molecular weight is 834 g/mol. The molecule has 0 radical (unpaired) electrons. The van der Waals surface area contributed by atoms with Crippen LogP contribution in [0.25, 0.3) is 22.2 Å². The molecule has 2 aromatic heterocycles. The van der Waals surface area contributed by atoms with Gasteiger partial charge in [0, 0.05) is 86.4 Å². The van der Waals surface area contributed by atoms with Gasteiger partial charge in [0.25, 0.3) is 11.8 Å². The summed E-state index contributed by atoms with van der Waals surface area (Å²) < 4.78 is 40.1. The minimum absolute atomic E-state index is 0.0885. The molecule has 16 heteroatoms. The van der Waals surface area contributed by atoms with Crippen molar-refractivity contribution in [1.29, 1.82) is 0 Å². The number of aryl methyl sites for hydroxylation is 1. The van der Waals surface area contributed by atoms with Gasteiger partial charge in [-0.25, -0.2) is 13.6 Å². The highest BCUT2D eigenvalue weighted by Gasteiger charge is 2.46. The zero-order valence-electron chi connectivity index (χ0n) is 34.0. The van der Waals surface area contributed by atoms with E-state index in [0.717, 1.165) is 40.7 Å². The molecule has 14 nitrogen and oxygen atoms in total. The van der Waals surface area contributed by atoms with E-state index in [9.17, 15) is 19.5 Å². The van der Waals surface area contributed by atoms with Crippen molar-refractivity contribution in [2.45, 2.75) is 50.7 Å². The summed E-state index contributed by atoms with van der Waals surface area (Å²) in [5.41, 5.74) is 12.0. The minimum atomic E-state index is -3.04. The number of hydrogen-bond acceptors (Lipinski definition) is 10. The summed E-state index contributed by atoms with van der Waals surface area (Å²) in [7, 11) is 0. The van der Waals surface area contributed by atoms with Gasteiger partial charge in [0.1, 0.15) is 11.9 Å². The number of carbonyl (C=O) groups excluding carboxylic acids is 3. The summed E-state index contributed by atoms with van der Waals surface area (Å²) >= 11 is 0. The van der Waals surface area contributed by atoms with Crippen molar-refractivity contribution < 1.29 is 33.0 Å². The van der Waals surface area contributed by atoms with E-state index in [2.05, 4.69) is 35.9 Å². The Balaban J connectivity index is 0.793. The maximum absolute atomic E-state index is 15.8. The van der Waals surface area contributed by atoms with E-state index in [1.165, 1.54) is 4.90 Å². The topological polar surface area (TPSA) is 162 Å². The predicted molar refractivity (Wildman–Crippen MR) is 227 cm³/mol. The molecule has 61 heavy (non-hydrogen) atoms. The first-order valence-electron chi connectivity index (χ1n) is 20.9. The summed E-state index contributed by atoms with van der Waals surface area (Å²) in [5, 5.41) is 22.0. The summed E-state index contributed by atoms with van der Waals surface area (Å²) in [5.74, 6) is -4.25. The normalized spacial score (nSPS) is 21.5. The zero-order chi connectivity index (χ0) is 42.4. The average Bonchev–Trinajstić information content (AvgIpc) is 3.61. The molecule has 4 aliphatic heterocycles. The van der Waals surface area contributed by atoms with Crippen molar-refractivity contribution in [1.82, 2.24) is 29.9 Å². The Hall–Kier alpha value is -6.13. The van der Waals surface area contributed by atoms with Crippen LogP contribution < -0.4 is 20.9 Å². The first kappa shape index (κ1) is 40.3. The molecule has 0 saturated carbocycles. The number of imide groups is 1. The van der Waals surface area contributed by atoms with Gasteiger partial charge in [-0.1, -0.05) is 30.3 Å². The first-order valence-corrected chi connectivity index (χ1v) is 20.9. The molecular weight excluding hydrogens is 785 g/mol. The van der Waals surface area contributed by atoms with E-state index < -0.39 is 30.3 Å². The van der Waals surface area contributed by atoms with Gasteiger partial charge in [0.05, 0.1) is 35.7 Å². The number of fused-ring (bicyclic) bond motifs is 1. The number of ether oxygens (including phenoxy) is 1. The lowest BCUT2D eigenvalue weighted by atomic mass is 9.90. The number of aromatic nitrogens is 3. The van der Waals surface area contributed by atoms with Crippen molar-refractivity contribution in [3.63, 3.8) is 0 Å². The van der Waals surface area contributed by atoms with Gasteiger partial charge < -0.3 is 34.8 Å². The van der Waals surface area contributed by atoms with Crippen molar-refractivity contribution >= 4 is 45.9 Å². The Morgan fingerprint density at radius 3 is 2.48 bits per heavy atom. The number of urea groups is 1. The third-order valence-electron chi connectivity index (χ3n) is 12.7. The lowest BCUT2D eigenvalue weighted by Crippen LogP contribution is -2.54. The van der Waals surface area contributed by atoms with Crippen LogP contribution in [0.2, 0.25) is 0 Å². The third kappa shape index (κ3) is 7.97. The van der Waals surface area contributed by atoms with Gasteiger partial charge in [-0.2, -0.15) is 0 Å². The molecule has 0 bridgehead atoms. The standard InChI is InChI=1S/C45H49F2N9O5/c1-28-23-34-36(55-20-16-41(58)49-44(55)60)6-4-7-37(34)56(28)32-14-17-52(18-15-32)25-31-13-19-54(27-45(31,46)47)43(59)30-11-9-29(10-12-30)40-26-53(21-22-61-40)38-24-35(50-51-42(38)48)33-5-2-3-8-39(33)57/h2-12,23-24,31-32,40,57H,13-22,25-27H2,1H3,(H2,48,51)(H,49,58,60)/t31-,40+/m0/s1. The Morgan fingerprint density at radius 2 is 1.72 bits per heavy atom. The predicted octanol–water partition coefficient (Wildman–Crippen LogP) is 6.15. The fourth-order valence-electron chi connectivity index (χ4n) is 9.50. The number of likely N-dealkylation sites (tertiary alicyclic amines) is 2. The van der Waals surface area contributed by atoms with E-state index >= 15 is 8.78 Å². The monoisotopic (exact) mass is 833 g/mol. The first-order chi connectivity index (χ1) is 29.4. The second-order valence-electron chi connectivity index (χ2n) is 16.6. The van der Waals surface area contributed by atoms with Crippen LogP contribution in [0.3, 0.4) is 0 Å². The maximum Gasteiger partial charge on any atom is 0.328 e. The number of carbonyl (C=O) groups is 3. The highest BCUT2D eigenvalue weighted by molar-refractivity contribution is 6.09. The number of nitrogen functional groups attached to an aromatic ring is 1. The number of anilines is 3. The number of nitrogens with one attached hydrogen (secondary N) is 1. The van der Waals surface area contributed by atoms with E-state index in [4.69, 9.17) is 10.5 Å². The van der Waals surface area contributed by atoms with E-state index in [-0.39, 0.29) is 55.6 Å². The Kier molecular flexibility index (Phi) is 10.8. The number of phenols is 1. The van der Waals surface area contributed by atoms with Gasteiger partial charge in [-0.15, -0.1) is 10.2 Å². The molecule has 4 fully saturated rings. The van der Waals surface area contributed by atoms with Crippen LogP contribution in [-0.2, 0) is 9.53 Å². The van der Waals surface area contributed by atoms with Crippen LogP contribution in [0.15, 0.2) is 78.9 Å². The third-order valence-corrected chi connectivity index (χ3v) is 12.7. The second kappa shape index (κ2) is 16.4. The SMILES string of the molecule is Cc1cc2c(N3CCC(=O)NC3=O)cccc2n1C1CCN(C[C@@H]2CCN(C(=O)c3ccc([C@H]4CN(c5cc(-c6ccccc6O)nnc5N)CCO4)cc3)CC2(F)F)CC1. The number of hydrogen-bond donors (Lipinski definition) is 3. The van der Waals surface area contributed by atoms with Crippen molar-refractivity contribution in [3.05, 3.63) is 95.7 Å². The van der Waals surface area contributed by atoms with Gasteiger partial charge >= 0.3 is 6.03 Å². The summed E-state index contributed by atoms with van der Waals surface area (Å²) in [6, 6.07) is 23.4. The molecule has 3 aromatic carbocycles. The largest absolute Gasteiger partial charge is 0.507 e. The van der Waals surface area contributed by atoms with E-state index in [1.807, 2.05) is 43.3 Å². The molecule has 4 amide bonds. The van der Waals surface area contributed by atoms with Gasteiger partial charge in [0.15, 0.2) is 5.82 Å². The number of nitrogens with two attached hydrogens (primary N) is 1. The van der Waals surface area contributed by atoms with Crippen LogP contribution in [0.1, 0.15) is 59.4 Å². The number of amides is 4. The number of nitrogens with zero attached hydrogens (tertiary/aromatic N) is 7. The molecule has 4 aliphatic rings. The maximum atomic E-state index is 15.8. The van der Waals surface area contributed by atoms with Gasteiger partial charge in [0.2, 0.25) is 5.91 Å². The fraction of sp³-hybridized carbons (Fsp3) is 0.400. The summed E-state index contributed by atoms with van der Waals surface area (Å²) in [6.07, 6.45) is 1.71. The summed E-state index contributed by atoms with van der Waals surface area (Å²) in [4.78, 5) is 45.1. The molecule has 4 N–H and O–H groups in total. The van der Waals surface area contributed by atoms with Crippen molar-refractivity contribution in [3.8, 4) is 17.0 Å². The van der Waals surface area contributed by atoms with Crippen molar-refractivity contribution in [2.24, 2.45) is 5.92 Å². The number of phenolic OH excluding ortho intramolecular Hbond substituents is 1. The Labute approximate surface area is 351 Å². The van der Waals surface area contributed by atoms with Crippen LogP contribution in [0, 0.1) is 12.8 Å². The summed E-state index contributed by atoms with van der Waals surface area (Å²) in [6.45, 7) is 5.05. The number of rotatable bonds is 8. The molecule has 0 spiro atoms. The van der Waals surface area contributed by atoms with Crippen molar-refractivity contribution in [2.75, 3.05) is 74.5 Å². The Bertz CT molecular complexity index is 2470. The van der Waals surface area contributed by atoms with Gasteiger partial charge in [-0.3, -0.25) is 19.8 Å². The molecule has 5 aromatic rings. The molecular formula is C45H49F2N9O5. The number of halogens is 2. The Morgan fingerprint density at radius 1 is 0.934 bits per heavy atom. The highest BCUT2D eigenvalue weighted by atomic mass is 19.3. The van der Waals surface area contributed by atoms with Crippen LogP contribution >= 0.6 is 0 Å². The number of para-hydroxylation sites is 1.